The molecule has 1 aliphatic heterocycles. The van der Waals surface area contributed by atoms with Crippen LogP contribution in [0, 0.1) is 0 Å². The van der Waals surface area contributed by atoms with Crippen LogP contribution in [-0.2, 0) is 6.54 Å². The van der Waals surface area contributed by atoms with Crippen molar-refractivity contribution in [3.63, 3.8) is 0 Å². The van der Waals surface area contributed by atoms with Crippen LogP contribution in [0.25, 0.3) is 11.0 Å². The Morgan fingerprint density at radius 1 is 1.29 bits per heavy atom. The van der Waals surface area contributed by atoms with E-state index in [1.54, 1.807) is 6.26 Å². The molecule has 0 N–H and O–H groups in total. The highest BCUT2D eigenvalue weighted by atomic mass is 16.3. The third-order valence-electron chi connectivity index (χ3n) is 4.48. The van der Waals surface area contributed by atoms with Crippen LogP contribution >= 0.6 is 0 Å². The van der Waals surface area contributed by atoms with Crippen LogP contribution in [0.2, 0.25) is 0 Å². The molecular weight excluding hydrogens is 264 g/mol. The lowest BCUT2D eigenvalue weighted by atomic mass is 10.0. The molecule has 0 spiro atoms. The first-order valence-electron chi connectivity index (χ1n) is 7.53. The Bertz CT molecular complexity index is 672. The molecule has 0 saturated carbocycles. The smallest absolute Gasteiger partial charge is 0.197 e. The van der Waals surface area contributed by atoms with Crippen molar-refractivity contribution in [2.75, 3.05) is 27.2 Å². The van der Waals surface area contributed by atoms with Crippen LogP contribution in [0.5, 0.6) is 0 Å². The van der Waals surface area contributed by atoms with Gasteiger partial charge in [-0.1, -0.05) is 12.1 Å². The van der Waals surface area contributed by atoms with Crippen LogP contribution in [0.1, 0.15) is 18.4 Å². The van der Waals surface area contributed by atoms with Crippen molar-refractivity contribution in [3.8, 4) is 0 Å². The summed E-state index contributed by atoms with van der Waals surface area (Å²) < 4.78 is 5.59. The number of benzene rings is 1. The average Bonchev–Trinajstić information content (AvgIpc) is 2.51. The zero-order valence-corrected chi connectivity index (χ0v) is 12.7. The molecule has 1 aromatic heterocycles. The molecule has 0 unspecified atom stereocenters. The largest absolute Gasteiger partial charge is 0.464 e. The second-order valence-electron chi connectivity index (χ2n) is 6.04. The van der Waals surface area contributed by atoms with E-state index >= 15 is 0 Å². The van der Waals surface area contributed by atoms with Crippen LogP contribution in [0.4, 0.5) is 0 Å². The quantitative estimate of drug-likeness (QED) is 0.867. The maximum absolute atomic E-state index is 12.5. The molecule has 0 atom stereocenters. The highest BCUT2D eigenvalue weighted by molar-refractivity contribution is 5.76. The van der Waals surface area contributed by atoms with Gasteiger partial charge in [0.1, 0.15) is 5.58 Å². The molecule has 4 nitrogen and oxygen atoms in total. The zero-order chi connectivity index (χ0) is 14.8. The predicted molar refractivity (Wildman–Crippen MR) is 84.5 cm³/mol. The summed E-state index contributed by atoms with van der Waals surface area (Å²) in [7, 11) is 4.26. The normalized spacial score (nSPS) is 17.7. The first kappa shape index (κ1) is 14.3. The summed E-state index contributed by atoms with van der Waals surface area (Å²) in [6, 6.07) is 7.98. The molecule has 3 rings (SSSR count). The molecule has 1 aliphatic rings. The molecule has 2 heterocycles. The molecule has 21 heavy (non-hydrogen) atoms. The lowest BCUT2D eigenvalue weighted by Crippen LogP contribution is -2.42. The number of hydrogen-bond donors (Lipinski definition) is 0. The Kier molecular flexibility index (Phi) is 4.08. The maximum atomic E-state index is 12.5. The van der Waals surface area contributed by atoms with Crippen LogP contribution in [0.3, 0.4) is 0 Å². The predicted octanol–water partition coefficient (Wildman–Crippen LogP) is 2.32. The second kappa shape index (κ2) is 6.00. The number of rotatable bonds is 3. The minimum atomic E-state index is 0.0941. The first-order valence-corrected chi connectivity index (χ1v) is 7.53. The van der Waals surface area contributed by atoms with Crippen molar-refractivity contribution in [2.24, 2.45) is 0 Å². The van der Waals surface area contributed by atoms with Gasteiger partial charge in [0.2, 0.25) is 0 Å². The van der Waals surface area contributed by atoms with Crippen LogP contribution < -0.4 is 5.43 Å². The van der Waals surface area contributed by atoms with Gasteiger partial charge in [-0.15, -0.1) is 0 Å². The molecule has 1 fully saturated rings. The summed E-state index contributed by atoms with van der Waals surface area (Å²) in [5.74, 6) is 0. The van der Waals surface area contributed by atoms with Crippen LogP contribution in [-0.4, -0.2) is 43.0 Å². The zero-order valence-electron chi connectivity index (χ0n) is 12.7. The maximum Gasteiger partial charge on any atom is 0.197 e. The lowest BCUT2D eigenvalue weighted by molar-refractivity contribution is 0.138. The molecule has 0 amide bonds. The Morgan fingerprint density at radius 2 is 2.00 bits per heavy atom. The summed E-state index contributed by atoms with van der Waals surface area (Å²) in [4.78, 5) is 17.1. The fraction of sp³-hybridized carbons (Fsp3) is 0.471. The molecule has 112 valence electrons. The monoisotopic (exact) mass is 286 g/mol. The van der Waals surface area contributed by atoms with Crippen molar-refractivity contribution < 1.29 is 4.42 Å². The van der Waals surface area contributed by atoms with E-state index in [-0.39, 0.29) is 5.43 Å². The van der Waals surface area contributed by atoms with E-state index in [2.05, 4.69) is 23.9 Å². The topological polar surface area (TPSA) is 36.7 Å². The number of para-hydroxylation sites is 1. The first-order chi connectivity index (χ1) is 10.1. The van der Waals surface area contributed by atoms with Crippen molar-refractivity contribution in [3.05, 3.63) is 46.3 Å². The number of piperidine rings is 1. The van der Waals surface area contributed by atoms with Gasteiger partial charge < -0.3 is 9.32 Å². The van der Waals surface area contributed by atoms with E-state index in [1.807, 2.05) is 24.3 Å². The van der Waals surface area contributed by atoms with Gasteiger partial charge in [0, 0.05) is 18.2 Å². The SMILES string of the molecule is CN1CCC(N(C)Cc2coc3ccccc3c2=O)CC1. The van der Waals surface area contributed by atoms with E-state index in [1.165, 1.54) is 0 Å². The average molecular weight is 286 g/mol. The van der Waals surface area contributed by atoms with E-state index in [0.29, 0.717) is 23.6 Å². The Morgan fingerprint density at radius 3 is 2.76 bits per heavy atom. The highest BCUT2D eigenvalue weighted by Crippen LogP contribution is 2.17. The summed E-state index contributed by atoms with van der Waals surface area (Å²) in [5.41, 5.74) is 1.50. The van der Waals surface area contributed by atoms with Gasteiger partial charge in [-0.25, -0.2) is 0 Å². The summed E-state index contributed by atoms with van der Waals surface area (Å²) in [6.45, 7) is 2.91. The van der Waals surface area contributed by atoms with Gasteiger partial charge >= 0.3 is 0 Å². The number of nitrogens with zero attached hydrogens (tertiary/aromatic N) is 2. The Hall–Kier alpha value is -1.65. The third-order valence-corrected chi connectivity index (χ3v) is 4.48. The van der Waals surface area contributed by atoms with Gasteiger partial charge in [-0.3, -0.25) is 9.69 Å². The van der Waals surface area contributed by atoms with Gasteiger partial charge in [0.15, 0.2) is 5.43 Å². The second-order valence-corrected chi connectivity index (χ2v) is 6.04. The number of hydrogen-bond acceptors (Lipinski definition) is 4. The lowest BCUT2D eigenvalue weighted by Gasteiger charge is -2.34. The molecule has 4 heteroatoms. The summed E-state index contributed by atoms with van der Waals surface area (Å²) in [5, 5.41) is 0.673. The minimum absolute atomic E-state index is 0.0941. The number of likely N-dealkylation sites (tertiary alicyclic amines) is 1. The van der Waals surface area contributed by atoms with Gasteiger partial charge in [-0.2, -0.15) is 0 Å². The summed E-state index contributed by atoms with van der Waals surface area (Å²) >= 11 is 0. The van der Waals surface area contributed by atoms with Crippen molar-refractivity contribution >= 4 is 11.0 Å². The number of fused-ring (bicyclic) bond motifs is 1. The van der Waals surface area contributed by atoms with Crippen LogP contribution in [0.15, 0.2) is 39.7 Å². The Balaban J connectivity index is 1.78. The standard InChI is InChI=1S/C17H22N2O2/c1-18-9-7-14(8-10-18)19(2)11-13-12-21-16-6-4-3-5-15(16)17(13)20/h3-6,12,14H,7-11H2,1-2H3. The molecule has 2 aromatic rings. The fourth-order valence-corrected chi connectivity index (χ4v) is 3.06. The molecule has 0 aliphatic carbocycles. The van der Waals surface area contributed by atoms with Crippen molar-refractivity contribution in [1.82, 2.24) is 9.80 Å². The van der Waals surface area contributed by atoms with E-state index in [9.17, 15) is 4.79 Å². The van der Waals surface area contributed by atoms with Crippen molar-refractivity contribution in [2.45, 2.75) is 25.4 Å². The Labute approximate surface area is 125 Å². The molecule has 0 radical (unpaired) electrons. The van der Waals surface area contributed by atoms with Gasteiger partial charge in [0.25, 0.3) is 0 Å². The molecule has 1 aromatic carbocycles. The highest BCUT2D eigenvalue weighted by Gasteiger charge is 2.21. The van der Waals surface area contributed by atoms with Gasteiger partial charge in [0.05, 0.1) is 11.6 Å². The van der Waals surface area contributed by atoms with Crippen molar-refractivity contribution in [1.29, 1.82) is 0 Å². The van der Waals surface area contributed by atoms with E-state index in [4.69, 9.17) is 4.42 Å². The molecule has 0 bridgehead atoms. The molecule has 1 saturated heterocycles. The van der Waals surface area contributed by atoms with E-state index in [0.717, 1.165) is 31.5 Å². The third kappa shape index (κ3) is 3.01. The minimum Gasteiger partial charge on any atom is -0.464 e. The van der Waals surface area contributed by atoms with E-state index < -0.39 is 0 Å². The molecular formula is C17H22N2O2. The fourth-order valence-electron chi connectivity index (χ4n) is 3.06. The van der Waals surface area contributed by atoms with Gasteiger partial charge in [-0.05, 0) is 52.2 Å². The summed E-state index contributed by atoms with van der Waals surface area (Å²) in [6.07, 6.45) is 3.94.